The minimum Gasteiger partial charge on any atom is -0.496 e. The van der Waals surface area contributed by atoms with Crippen LogP contribution in [0.5, 0.6) is 5.75 Å². The molecule has 0 aliphatic rings. The fraction of sp³-hybridized carbons (Fsp3) is 0.133. The van der Waals surface area contributed by atoms with Crippen LogP contribution < -0.4 is 10.1 Å². The van der Waals surface area contributed by atoms with Gasteiger partial charge < -0.3 is 10.1 Å². The van der Waals surface area contributed by atoms with Crippen molar-refractivity contribution in [2.75, 3.05) is 12.4 Å². The molecular formula is C15H13BrN2OS. The SMILES string of the molecule is COc1ccc(Br)cc1CNc1ccc2ncsc2c1. The van der Waals surface area contributed by atoms with E-state index < -0.39 is 0 Å². The van der Waals surface area contributed by atoms with E-state index in [9.17, 15) is 0 Å². The minimum absolute atomic E-state index is 0.715. The summed E-state index contributed by atoms with van der Waals surface area (Å²) in [6, 6.07) is 12.2. The monoisotopic (exact) mass is 348 g/mol. The summed E-state index contributed by atoms with van der Waals surface area (Å²) in [6.45, 7) is 0.715. The highest BCUT2D eigenvalue weighted by Gasteiger charge is 2.04. The average molecular weight is 349 g/mol. The highest BCUT2D eigenvalue weighted by molar-refractivity contribution is 9.10. The van der Waals surface area contributed by atoms with Crippen LogP contribution in [0.4, 0.5) is 5.69 Å². The number of ether oxygens (including phenoxy) is 1. The summed E-state index contributed by atoms with van der Waals surface area (Å²) in [6.07, 6.45) is 0. The molecule has 0 bridgehead atoms. The standard InChI is InChI=1S/C15H13BrN2OS/c1-19-14-5-2-11(16)6-10(14)8-17-12-3-4-13-15(7-12)20-9-18-13/h2-7,9,17H,8H2,1H3. The fourth-order valence-electron chi connectivity index (χ4n) is 2.05. The molecule has 3 rings (SSSR count). The van der Waals surface area contributed by atoms with Gasteiger partial charge in [0.15, 0.2) is 0 Å². The molecule has 0 fully saturated rings. The Kier molecular flexibility index (Phi) is 3.89. The van der Waals surface area contributed by atoms with E-state index in [-0.39, 0.29) is 0 Å². The van der Waals surface area contributed by atoms with Gasteiger partial charge in [-0.25, -0.2) is 4.98 Å². The molecule has 2 aromatic carbocycles. The molecule has 3 nitrogen and oxygen atoms in total. The third kappa shape index (κ3) is 2.78. The van der Waals surface area contributed by atoms with E-state index in [0.717, 1.165) is 27.0 Å². The topological polar surface area (TPSA) is 34.1 Å². The first kappa shape index (κ1) is 13.4. The van der Waals surface area contributed by atoms with Gasteiger partial charge in [0, 0.05) is 22.3 Å². The highest BCUT2D eigenvalue weighted by atomic mass is 79.9. The van der Waals surface area contributed by atoms with Crippen LogP contribution in [0.25, 0.3) is 10.2 Å². The Morgan fingerprint density at radius 2 is 2.15 bits per heavy atom. The maximum Gasteiger partial charge on any atom is 0.123 e. The summed E-state index contributed by atoms with van der Waals surface area (Å²) in [5.74, 6) is 0.888. The van der Waals surface area contributed by atoms with Crippen LogP contribution in [0.1, 0.15) is 5.56 Å². The first-order chi connectivity index (χ1) is 9.76. The Labute approximate surface area is 129 Å². The van der Waals surface area contributed by atoms with Crippen molar-refractivity contribution in [3.8, 4) is 5.75 Å². The molecule has 20 heavy (non-hydrogen) atoms. The Morgan fingerprint density at radius 1 is 1.25 bits per heavy atom. The van der Waals surface area contributed by atoms with Gasteiger partial charge in [0.25, 0.3) is 0 Å². The zero-order valence-corrected chi connectivity index (χ0v) is 13.3. The van der Waals surface area contributed by atoms with Gasteiger partial charge in [-0.3, -0.25) is 0 Å². The number of aromatic nitrogens is 1. The van der Waals surface area contributed by atoms with Gasteiger partial charge in [0.2, 0.25) is 0 Å². The van der Waals surface area contributed by atoms with Crippen molar-refractivity contribution in [3.63, 3.8) is 0 Å². The van der Waals surface area contributed by atoms with Crippen LogP contribution in [0.3, 0.4) is 0 Å². The van der Waals surface area contributed by atoms with E-state index in [0.29, 0.717) is 6.54 Å². The fourth-order valence-corrected chi connectivity index (χ4v) is 3.17. The molecule has 0 radical (unpaired) electrons. The summed E-state index contributed by atoms with van der Waals surface area (Å²) in [7, 11) is 1.69. The van der Waals surface area contributed by atoms with Gasteiger partial charge in [0.1, 0.15) is 5.75 Å². The van der Waals surface area contributed by atoms with E-state index in [2.05, 4.69) is 38.4 Å². The number of benzene rings is 2. The number of nitrogens with one attached hydrogen (secondary N) is 1. The lowest BCUT2D eigenvalue weighted by Crippen LogP contribution is -2.01. The van der Waals surface area contributed by atoms with Crippen molar-refractivity contribution in [3.05, 3.63) is 51.9 Å². The molecule has 0 aliphatic carbocycles. The van der Waals surface area contributed by atoms with Crippen molar-refractivity contribution in [2.45, 2.75) is 6.54 Å². The molecule has 0 amide bonds. The number of methoxy groups -OCH3 is 1. The summed E-state index contributed by atoms with van der Waals surface area (Å²) in [5.41, 5.74) is 5.11. The molecule has 0 saturated heterocycles. The smallest absolute Gasteiger partial charge is 0.123 e. The number of rotatable bonds is 4. The normalized spacial score (nSPS) is 10.7. The molecule has 0 atom stereocenters. The Morgan fingerprint density at radius 3 is 3.00 bits per heavy atom. The Bertz CT molecular complexity index is 742. The quantitative estimate of drug-likeness (QED) is 0.743. The number of fused-ring (bicyclic) bond motifs is 1. The van der Waals surface area contributed by atoms with Crippen LogP contribution in [0.15, 0.2) is 46.4 Å². The van der Waals surface area contributed by atoms with Gasteiger partial charge in [-0.15, -0.1) is 11.3 Å². The summed E-state index contributed by atoms with van der Waals surface area (Å²) < 4.78 is 7.62. The van der Waals surface area contributed by atoms with E-state index in [1.54, 1.807) is 18.4 Å². The van der Waals surface area contributed by atoms with Crippen LogP contribution in [0.2, 0.25) is 0 Å². The van der Waals surface area contributed by atoms with Gasteiger partial charge in [-0.1, -0.05) is 15.9 Å². The zero-order chi connectivity index (χ0) is 13.9. The van der Waals surface area contributed by atoms with Gasteiger partial charge in [0.05, 0.1) is 22.8 Å². The molecule has 0 saturated carbocycles. The van der Waals surface area contributed by atoms with E-state index >= 15 is 0 Å². The predicted octanol–water partition coefficient (Wildman–Crippen LogP) is 4.68. The lowest BCUT2D eigenvalue weighted by molar-refractivity contribution is 0.410. The first-order valence-electron chi connectivity index (χ1n) is 6.16. The molecule has 0 unspecified atom stereocenters. The molecular weight excluding hydrogens is 336 g/mol. The van der Waals surface area contributed by atoms with E-state index in [4.69, 9.17) is 4.74 Å². The number of hydrogen-bond donors (Lipinski definition) is 1. The molecule has 0 spiro atoms. The molecule has 1 heterocycles. The first-order valence-corrected chi connectivity index (χ1v) is 7.83. The Balaban J connectivity index is 1.80. The number of hydrogen-bond acceptors (Lipinski definition) is 4. The summed E-state index contributed by atoms with van der Waals surface area (Å²) in [4.78, 5) is 4.28. The number of thiazole rings is 1. The molecule has 1 N–H and O–H groups in total. The van der Waals surface area contributed by atoms with Gasteiger partial charge in [-0.2, -0.15) is 0 Å². The van der Waals surface area contributed by atoms with Crippen LogP contribution in [-0.2, 0) is 6.54 Å². The number of anilines is 1. The third-order valence-electron chi connectivity index (χ3n) is 3.06. The maximum atomic E-state index is 5.38. The lowest BCUT2D eigenvalue weighted by atomic mass is 10.2. The van der Waals surface area contributed by atoms with Crippen molar-refractivity contribution in [1.82, 2.24) is 4.98 Å². The second kappa shape index (κ2) is 5.81. The predicted molar refractivity (Wildman–Crippen MR) is 87.6 cm³/mol. The van der Waals surface area contributed by atoms with Crippen molar-refractivity contribution >= 4 is 43.2 Å². The molecule has 5 heteroatoms. The molecule has 1 aromatic heterocycles. The second-order valence-electron chi connectivity index (χ2n) is 4.34. The average Bonchev–Trinajstić information content (AvgIpc) is 2.92. The van der Waals surface area contributed by atoms with Gasteiger partial charge in [-0.05, 0) is 36.4 Å². The number of nitrogens with zero attached hydrogens (tertiary/aromatic N) is 1. The third-order valence-corrected chi connectivity index (χ3v) is 4.34. The highest BCUT2D eigenvalue weighted by Crippen LogP contribution is 2.25. The van der Waals surface area contributed by atoms with E-state index in [1.165, 1.54) is 4.70 Å². The summed E-state index contributed by atoms with van der Waals surface area (Å²) >= 11 is 5.14. The lowest BCUT2D eigenvalue weighted by Gasteiger charge is -2.11. The molecule has 3 aromatic rings. The molecule has 102 valence electrons. The van der Waals surface area contributed by atoms with E-state index in [1.807, 2.05) is 29.8 Å². The van der Waals surface area contributed by atoms with Crippen molar-refractivity contribution < 1.29 is 4.74 Å². The summed E-state index contributed by atoms with van der Waals surface area (Å²) in [5, 5.41) is 3.42. The number of halogens is 1. The van der Waals surface area contributed by atoms with Gasteiger partial charge >= 0.3 is 0 Å². The van der Waals surface area contributed by atoms with Crippen LogP contribution >= 0.6 is 27.3 Å². The van der Waals surface area contributed by atoms with Crippen molar-refractivity contribution in [2.24, 2.45) is 0 Å². The van der Waals surface area contributed by atoms with Crippen molar-refractivity contribution in [1.29, 1.82) is 0 Å². The minimum atomic E-state index is 0.715. The Hall–Kier alpha value is -1.59. The largest absolute Gasteiger partial charge is 0.496 e. The zero-order valence-electron chi connectivity index (χ0n) is 10.9. The maximum absolute atomic E-state index is 5.38. The van der Waals surface area contributed by atoms with Crippen LogP contribution in [-0.4, -0.2) is 12.1 Å². The van der Waals surface area contributed by atoms with Crippen LogP contribution in [0, 0.1) is 0 Å². The second-order valence-corrected chi connectivity index (χ2v) is 6.15. The molecule has 0 aliphatic heterocycles.